The second kappa shape index (κ2) is 7.95. The highest BCUT2D eigenvalue weighted by atomic mass is 19.4. The first-order chi connectivity index (χ1) is 16.2. The fourth-order valence-electron chi connectivity index (χ4n) is 3.90. The number of hydrogen-bond acceptors (Lipinski definition) is 3. The number of carbonyl (C=O) groups is 1. The van der Waals surface area contributed by atoms with Gasteiger partial charge in [-0.25, -0.2) is 14.4 Å². The molecule has 0 atom stereocenters. The van der Waals surface area contributed by atoms with Crippen molar-refractivity contribution in [1.82, 2.24) is 15.0 Å². The van der Waals surface area contributed by atoms with Crippen LogP contribution < -0.4 is 5.32 Å². The van der Waals surface area contributed by atoms with Gasteiger partial charge in [0.1, 0.15) is 17.8 Å². The van der Waals surface area contributed by atoms with Crippen molar-refractivity contribution in [2.45, 2.75) is 13.1 Å². The Morgan fingerprint density at radius 2 is 1.82 bits per heavy atom. The van der Waals surface area contributed by atoms with E-state index in [0.717, 1.165) is 39.0 Å². The monoisotopic (exact) mass is 464 g/mol. The third kappa shape index (κ3) is 3.96. The summed E-state index contributed by atoms with van der Waals surface area (Å²) in [5.41, 5.74) is 2.91. The molecular weight excluding hydrogens is 448 g/mol. The van der Waals surface area contributed by atoms with Gasteiger partial charge < -0.3 is 10.3 Å². The smallest absolute Gasteiger partial charge is 0.339 e. The molecule has 0 fully saturated rings. The van der Waals surface area contributed by atoms with Crippen LogP contribution >= 0.6 is 0 Å². The molecule has 2 aromatic heterocycles. The normalized spacial score (nSPS) is 11.8. The highest BCUT2D eigenvalue weighted by molar-refractivity contribution is 6.07. The zero-order valence-corrected chi connectivity index (χ0v) is 17.7. The number of amides is 1. The summed E-state index contributed by atoms with van der Waals surface area (Å²) in [5, 5.41) is 4.43. The summed E-state index contributed by atoms with van der Waals surface area (Å²) in [5.74, 6) is -1.98. The number of nitrogens with one attached hydrogen (secondary N) is 2. The highest BCUT2D eigenvalue weighted by Crippen LogP contribution is 2.33. The second-order valence-corrected chi connectivity index (χ2v) is 7.88. The molecule has 2 N–H and O–H groups in total. The lowest BCUT2D eigenvalue weighted by Crippen LogP contribution is -2.14. The lowest BCUT2D eigenvalue weighted by atomic mass is 9.98. The summed E-state index contributed by atoms with van der Waals surface area (Å²) in [7, 11) is 0. The van der Waals surface area contributed by atoms with Crippen LogP contribution in [0.5, 0.6) is 0 Å². The van der Waals surface area contributed by atoms with Crippen LogP contribution in [0.25, 0.3) is 33.1 Å². The van der Waals surface area contributed by atoms with E-state index < -0.39 is 29.0 Å². The van der Waals surface area contributed by atoms with Gasteiger partial charge >= 0.3 is 6.18 Å². The number of halogens is 4. The predicted molar refractivity (Wildman–Crippen MR) is 121 cm³/mol. The maximum atomic E-state index is 13.7. The highest BCUT2D eigenvalue weighted by Gasteiger charge is 2.32. The number of carbonyl (C=O) groups excluding carboxylic acids is 1. The summed E-state index contributed by atoms with van der Waals surface area (Å²) in [4.78, 5) is 24.1. The Hall–Kier alpha value is -4.27. The molecule has 0 spiro atoms. The van der Waals surface area contributed by atoms with E-state index in [1.165, 1.54) is 6.33 Å². The molecule has 0 aliphatic heterocycles. The van der Waals surface area contributed by atoms with Crippen LogP contribution in [0.15, 0.2) is 67.1 Å². The van der Waals surface area contributed by atoms with Crippen LogP contribution in [0.4, 0.5) is 23.2 Å². The summed E-state index contributed by atoms with van der Waals surface area (Å²) in [6.07, 6.45) is -1.56. The number of aryl methyl sites for hydroxylation is 1. The standard InChI is InChI=1S/C25H16F4N4O/c1-13-2-4-18(32-24(34)15-6-16(25(27,28)29)9-17(26)7-15)10-20(13)14-3-5-19-21-11-30-12-31-23(21)33-22(19)8-14/h2-12H,1H3,(H,32,34)(H,30,31,33). The van der Waals surface area contributed by atoms with Crippen molar-refractivity contribution >= 4 is 33.5 Å². The molecule has 5 rings (SSSR count). The number of aromatic amines is 1. The number of H-pyrrole nitrogens is 1. The zero-order chi connectivity index (χ0) is 24.0. The molecule has 0 unspecified atom stereocenters. The largest absolute Gasteiger partial charge is 0.416 e. The molecule has 0 bridgehead atoms. The molecule has 2 heterocycles. The van der Waals surface area contributed by atoms with E-state index in [1.54, 1.807) is 24.4 Å². The van der Waals surface area contributed by atoms with Crippen LogP contribution in [-0.2, 0) is 6.18 Å². The van der Waals surface area contributed by atoms with Crippen molar-refractivity contribution in [3.8, 4) is 11.1 Å². The van der Waals surface area contributed by atoms with Crippen molar-refractivity contribution in [1.29, 1.82) is 0 Å². The molecule has 0 saturated heterocycles. The van der Waals surface area contributed by atoms with Gasteiger partial charge in [-0.3, -0.25) is 4.79 Å². The Kier molecular flexibility index (Phi) is 5.04. The first-order valence-corrected chi connectivity index (χ1v) is 10.2. The van der Waals surface area contributed by atoms with Gasteiger partial charge in [-0.05, 0) is 60.0 Å². The van der Waals surface area contributed by atoms with Gasteiger partial charge in [0.15, 0.2) is 0 Å². The number of nitrogens with zero attached hydrogens (tertiary/aromatic N) is 2. The Morgan fingerprint density at radius 1 is 1.00 bits per heavy atom. The predicted octanol–water partition coefficient (Wildman–Crippen LogP) is 6.50. The van der Waals surface area contributed by atoms with Crippen LogP contribution in [0.1, 0.15) is 21.5 Å². The summed E-state index contributed by atoms with van der Waals surface area (Å²) < 4.78 is 52.7. The molecule has 0 aliphatic carbocycles. The third-order valence-corrected chi connectivity index (χ3v) is 5.57. The Bertz CT molecular complexity index is 1570. The molecular formula is C25H16F4N4O. The van der Waals surface area contributed by atoms with Crippen LogP contribution in [0, 0.1) is 12.7 Å². The number of aromatic nitrogens is 3. The minimum atomic E-state index is -4.76. The van der Waals surface area contributed by atoms with E-state index in [-0.39, 0.29) is 0 Å². The SMILES string of the molecule is Cc1ccc(NC(=O)c2cc(F)cc(C(F)(F)F)c2)cc1-c1ccc2c(c1)[nH]c1ncncc12. The van der Waals surface area contributed by atoms with Gasteiger partial charge in [-0.2, -0.15) is 13.2 Å². The molecule has 0 saturated carbocycles. The molecule has 34 heavy (non-hydrogen) atoms. The Balaban J connectivity index is 1.48. The minimum Gasteiger partial charge on any atom is -0.339 e. The molecule has 0 aliphatic rings. The first kappa shape index (κ1) is 21.6. The second-order valence-electron chi connectivity index (χ2n) is 7.88. The molecule has 5 aromatic rings. The van der Waals surface area contributed by atoms with E-state index in [4.69, 9.17) is 0 Å². The topological polar surface area (TPSA) is 70.7 Å². The first-order valence-electron chi connectivity index (χ1n) is 10.2. The maximum Gasteiger partial charge on any atom is 0.416 e. The zero-order valence-electron chi connectivity index (χ0n) is 17.7. The lowest BCUT2D eigenvalue weighted by molar-refractivity contribution is -0.137. The van der Waals surface area contributed by atoms with Crippen LogP contribution in [0.2, 0.25) is 0 Å². The van der Waals surface area contributed by atoms with Gasteiger partial charge in [0.25, 0.3) is 5.91 Å². The fraction of sp³-hybridized carbons (Fsp3) is 0.0800. The molecule has 9 heteroatoms. The van der Waals surface area contributed by atoms with Crippen LogP contribution in [-0.4, -0.2) is 20.9 Å². The van der Waals surface area contributed by atoms with Crippen molar-refractivity contribution < 1.29 is 22.4 Å². The van der Waals surface area contributed by atoms with Gasteiger partial charge in [0.2, 0.25) is 0 Å². The molecule has 3 aromatic carbocycles. The number of hydrogen-bond donors (Lipinski definition) is 2. The Labute approximate surface area is 190 Å². The summed E-state index contributed by atoms with van der Waals surface area (Å²) >= 11 is 0. The summed E-state index contributed by atoms with van der Waals surface area (Å²) in [6, 6.07) is 12.7. The van der Waals surface area contributed by atoms with Gasteiger partial charge in [-0.15, -0.1) is 0 Å². The molecule has 5 nitrogen and oxygen atoms in total. The number of rotatable bonds is 3. The van der Waals surface area contributed by atoms with E-state index in [1.807, 2.05) is 25.1 Å². The van der Waals surface area contributed by atoms with Crippen molar-refractivity contribution in [2.75, 3.05) is 5.32 Å². The van der Waals surface area contributed by atoms with Crippen LogP contribution in [0.3, 0.4) is 0 Å². The third-order valence-electron chi connectivity index (χ3n) is 5.57. The molecule has 1 amide bonds. The number of anilines is 1. The lowest BCUT2D eigenvalue weighted by Gasteiger charge is -2.12. The summed E-state index contributed by atoms with van der Waals surface area (Å²) in [6.45, 7) is 1.91. The average molecular weight is 464 g/mol. The fourth-order valence-corrected chi connectivity index (χ4v) is 3.90. The maximum absolute atomic E-state index is 13.7. The minimum absolute atomic E-state index is 0.354. The van der Waals surface area contributed by atoms with Gasteiger partial charge in [0.05, 0.1) is 5.56 Å². The molecule has 0 radical (unpaired) electrons. The van der Waals surface area contributed by atoms with E-state index in [9.17, 15) is 22.4 Å². The quantitative estimate of drug-likeness (QED) is 0.300. The van der Waals surface area contributed by atoms with E-state index in [2.05, 4.69) is 20.3 Å². The van der Waals surface area contributed by atoms with E-state index in [0.29, 0.717) is 23.5 Å². The number of benzene rings is 3. The average Bonchev–Trinajstić information content (AvgIpc) is 3.17. The number of alkyl halides is 3. The van der Waals surface area contributed by atoms with Gasteiger partial charge in [-0.1, -0.05) is 18.2 Å². The van der Waals surface area contributed by atoms with E-state index >= 15 is 0 Å². The Morgan fingerprint density at radius 3 is 2.62 bits per heavy atom. The number of fused-ring (bicyclic) bond motifs is 3. The van der Waals surface area contributed by atoms with Gasteiger partial charge in [0, 0.05) is 33.7 Å². The molecule has 170 valence electrons. The van der Waals surface area contributed by atoms with Crippen molar-refractivity contribution in [3.05, 3.63) is 89.6 Å². The van der Waals surface area contributed by atoms with Crippen molar-refractivity contribution in [2.24, 2.45) is 0 Å². The van der Waals surface area contributed by atoms with Crippen molar-refractivity contribution in [3.63, 3.8) is 0 Å².